The minimum Gasteiger partial charge on any atom is -0.369 e. The lowest BCUT2D eigenvalue weighted by Gasteiger charge is -2.33. The van der Waals surface area contributed by atoms with Crippen LogP contribution in [0.4, 0.5) is 5.69 Å². The van der Waals surface area contributed by atoms with Gasteiger partial charge in [0.2, 0.25) is 5.91 Å². The van der Waals surface area contributed by atoms with Crippen molar-refractivity contribution in [2.24, 2.45) is 13.0 Å². The van der Waals surface area contributed by atoms with E-state index in [1.165, 1.54) is 9.56 Å². The van der Waals surface area contributed by atoms with Gasteiger partial charge < -0.3 is 10.2 Å². The van der Waals surface area contributed by atoms with Crippen LogP contribution in [-0.4, -0.2) is 35.3 Å². The van der Waals surface area contributed by atoms with Gasteiger partial charge in [0.25, 0.3) is 5.56 Å². The molecule has 1 fully saturated rings. The van der Waals surface area contributed by atoms with E-state index in [1.54, 1.807) is 30.6 Å². The van der Waals surface area contributed by atoms with E-state index < -0.39 is 0 Å². The predicted molar refractivity (Wildman–Crippen MR) is 95.4 cm³/mol. The van der Waals surface area contributed by atoms with Crippen LogP contribution in [0.25, 0.3) is 0 Å². The first-order chi connectivity index (χ1) is 11.6. The van der Waals surface area contributed by atoms with Crippen molar-refractivity contribution in [3.63, 3.8) is 0 Å². The second-order valence-corrected chi connectivity index (χ2v) is 7.11. The molecule has 0 aliphatic carbocycles. The second kappa shape index (κ2) is 7.61. The van der Waals surface area contributed by atoms with E-state index in [0.717, 1.165) is 31.5 Å². The molecule has 24 heavy (non-hydrogen) atoms. The zero-order valence-electron chi connectivity index (χ0n) is 13.8. The third-order valence-electron chi connectivity index (χ3n) is 4.36. The molecular weight excluding hydrogens is 324 g/mol. The van der Waals surface area contributed by atoms with E-state index in [1.807, 2.05) is 11.4 Å². The topological polar surface area (TPSA) is 67.2 Å². The molecule has 1 saturated heterocycles. The van der Waals surface area contributed by atoms with E-state index in [2.05, 4.69) is 21.4 Å². The Hall–Kier alpha value is -2.15. The van der Waals surface area contributed by atoms with Crippen LogP contribution in [0.3, 0.4) is 0 Å². The van der Waals surface area contributed by atoms with Gasteiger partial charge in [0.15, 0.2) is 0 Å². The summed E-state index contributed by atoms with van der Waals surface area (Å²) in [6.07, 6.45) is 4.40. The Morgan fingerprint density at radius 2 is 2.38 bits per heavy atom. The Morgan fingerprint density at radius 1 is 1.50 bits per heavy atom. The lowest BCUT2D eigenvalue weighted by Crippen LogP contribution is -2.44. The van der Waals surface area contributed by atoms with E-state index in [4.69, 9.17) is 0 Å². The maximum Gasteiger partial charge on any atom is 0.268 e. The Morgan fingerprint density at radius 3 is 3.12 bits per heavy atom. The maximum atomic E-state index is 12.4. The van der Waals surface area contributed by atoms with Gasteiger partial charge in [0, 0.05) is 37.6 Å². The summed E-state index contributed by atoms with van der Waals surface area (Å²) in [5.74, 6) is 0.0687. The zero-order valence-corrected chi connectivity index (χ0v) is 14.6. The quantitative estimate of drug-likeness (QED) is 0.889. The third-order valence-corrected chi connectivity index (χ3v) is 5.30. The summed E-state index contributed by atoms with van der Waals surface area (Å²) in [6.45, 7) is 2.16. The number of thiophene rings is 1. The van der Waals surface area contributed by atoms with Crippen molar-refractivity contribution in [2.75, 3.05) is 24.5 Å². The van der Waals surface area contributed by atoms with E-state index in [-0.39, 0.29) is 17.4 Å². The summed E-state index contributed by atoms with van der Waals surface area (Å²) >= 11 is 1.71. The number of carbonyl (C=O) groups is 1. The molecule has 0 spiro atoms. The third kappa shape index (κ3) is 4.03. The molecule has 0 bridgehead atoms. The molecule has 2 aromatic heterocycles. The molecule has 1 aliphatic rings. The fourth-order valence-electron chi connectivity index (χ4n) is 2.97. The summed E-state index contributed by atoms with van der Waals surface area (Å²) in [6, 6.07) is 5.70. The number of rotatable bonds is 5. The van der Waals surface area contributed by atoms with Gasteiger partial charge in [-0.2, -0.15) is 5.10 Å². The Bertz CT molecular complexity index is 741. The van der Waals surface area contributed by atoms with E-state index >= 15 is 0 Å². The number of nitrogens with one attached hydrogen (secondary N) is 1. The van der Waals surface area contributed by atoms with Crippen LogP contribution in [0.15, 0.2) is 34.6 Å². The second-order valence-electron chi connectivity index (χ2n) is 6.08. The van der Waals surface area contributed by atoms with Crippen molar-refractivity contribution >= 4 is 22.9 Å². The molecule has 0 saturated carbocycles. The van der Waals surface area contributed by atoms with Crippen LogP contribution < -0.4 is 15.8 Å². The van der Waals surface area contributed by atoms with Crippen LogP contribution in [-0.2, 0) is 18.3 Å². The average molecular weight is 346 g/mol. The van der Waals surface area contributed by atoms with Gasteiger partial charge in [0.05, 0.1) is 17.8 Å². The van der Waals surface area contributed by atoms with Crippen molar-refractivity contribution in [2.45, 2.75) is 19.3 Å². The number of aryl methyl sites for hydroxylation is 1. The van der Waals surface area contributed by atoms with Gasteiger partial charge in [0.1, 0.15) is 0 Å². The Kier molecular flexibility index (Phi) is 5.30. The van der Waals surface area contributed by atoms with Crippen molar-refractivity contribution in [1.82, 2.24) is 15.1 Å². The van der Waals surface area contributed by atoms with Crippen molar-refractivity contribution in [3.8, 4) is 0 Å². The molecule has 0 radical (unpaired) electrons. The predicted octanol–water partition coefficient (Wildman–Crippen LogP) is 1.42. The molecule has 1 atom stereocenters. The summed E-state index contributed by atoms with van der Waals surface area (Å²) in [5, 5.41) is 9.16. The number of anilines is 1. The van der Waals surface area contributed by atoms with Gasteiger partial charge >= 0.3 is 0 Å². The highest BCUT2D eigenvalue weighted by atomic mass is 32.1. The molecule has 1 unspecified atom stereocenters. The maximum absolute atomic E-state index is 12.4. The van der Waals surface area contributed by atoms with Gasteiger partial charge in [-0.1, -0.05) is 6.07 Å². The van der Waals surface area contributed by atoms with Crippen molar-refractivity contribution in [1.29, 1.82) is 0 Å². The molecule has 3 heterocycles. The van der Waals surface area contributed by atoms with Crippen LogP contribution in [0, 0.1) is 5.92 Å². The molecule has 0 aromatic carbocycles. The fraction of sp³-hybridized carbons (Fsp3) is 0.471. The van der Waals surface area contributed by atoms with Crippen molar-refractivity contribution < 1.29 is 4.79 Å². The lowest BCUT2D eigenvalue weighted by molar-refractivity contribution is -0.125. The number of carbonyl (C=O) groups excluding carboxylic acids is 1. The van der Waals surface area contributed by atoms with E-state index in [9.17, 15) is 9.59 Å². The number of amides is 1. The van der Waals surface area contributed by atoms with E-state index in [0.29, 0.717) is 13.1 Å². The Labute approximate surface area is 145 Å². The molecular formula is C17H22N4O2S. The molecule has 7 heteroatoms. The highest BCUT2D eigenvalue weighted by molar-refractivity contribution is 7.09. The van der Waals surface area contributed by atoms with Gasteiger partial charge in [-0.25, -0.2) is 4.68 Å². The molecule has 6 nitrogen and oxygen atoms in total. The highest BCUT2D eigenvalue weighted by Gasteiger charge is 2.26. The molecule has 1 aliphatic heterocycles. The summed E-state index contributed by atoms with van der Waals surface area (Å²) in [4.78, 5) is 27.5. The number of nitrogens with zero attached hydrogens (tertiary/aromatic N) is 3. The number of piperidine rings is 1. The normalized spacial score (nSPS) is 17.7. The van der Waals surface area contributed by atoms with Gasteiger partial charge in [-0.05, 0) is 30.7 Å². The fourth-order valence-corrected chi connectivity index (χ4v) is 3.68. The average Bonchev–Trinajstić information content (AvgIpc) is 3.11. The van der Waals surface area contributed by atoms with Gasteiger partial charge in [-0.15, -0.1) is 11.3 Å². The molecule has 3 rings (SSSR count). The van der Waals surface area contributed by atoms with Crippen molar-refractivity contribution in [3.05, 3.63) is 45.0 Å². The van der Waals surface area contributed by atoms with Crippen LogP contribution >= 0.6 is 11.3 Å². The van der Waals surface area contributed by atoms with Crippen LogP contribution in [0.5, 0.6) is 0 Å². The zero-order chi connectivity index (χ0) is 16.9. The standard InChI is InChI=1S/C17H22N4O2S/c1-20-16(22)10-14(11-19-20)21-8-2-4-13(12-21)17(23)18-7-6-15-5-3-9-24-15/h3,5,9-11,13H,2,4,6-8,12H2,1H3,(H,18,23). The first-order valence-electron chi connectivity index (χ1n) is 8.22. The first-order valence-corrected chi connectivity index (χ1v) is 9.10. The highest BCUT2D eigenvalue weighted by Crippen LogP contribution is 2.21. The number of aromatic nitrogens is 2. The smallest absolute Gasteiger partial charge is 0.268 e. The molecule has 2 aromatic rings. The van der Waals surface area contributed by atoms with Crippen LogP contribution in [0.1, 0.15) is 17.7 Å². The molecule has 128 valence electrons. The monoisotopic (exact) mass is 346 g/mol. The van der Waals surface area contributed by atoms with Crippen LogP contribution in [0.2, 0.25) is 0 Å². The Balaban J connectivity index is 1.55. The summed E-state index contributed by atoms with van der Waals surface area (Å²) in [5.41, 5.74) is 0.671. The largest absolute Gasteiger partial charge is 0.369 e. The summed E-state index contributed by atoms with van der Waals surface area (Å²) < 4.78 is 1.31. The number of hydrogen-bond donors (Lipinski definition) is 1. The summed E-state index contributed by atoms with van der Waals surface area (Å²) in [7, 11) is 1.63. The van der Waals surface area contributed by atoms with Gasteiger partial charge in [-0.3, -0.25) is 9.59 Å². The lowest BCUT2D eigenvalue weighted by atomic mass is 9.97. The minimum absolute atomic E-state index is 0.0360. The first kappa shape index (κ1) is 16.7. The molecule has 1 amide bonds. The molecule has 1 N–H and O–H groups in total. The SMILES string of the molecule is Cn1ncc(N2CCCC(C(=O)NCCc3cccs3)C2)cc1=O. The number of hydrogen-bond acceptors (Lipinski definition) is 5. The minimum atomic E-state index is -0.130.